The summed E-state index contributed by atoms with van der Waals surface area (Å²) in [5.74, 6) is 0.769. The molecule has 0 amide bonds. The zero-order chi connectivity index (χ0) is 14.5. The van der Waals surface area contributed by atoms with Crippen LogP contribution in [0, 0.1) is 6.92 Å². The third-order valence-corrected chi connectivity index (χ3v) is 5.49. The maximum Gasteiger partial charge on any atom is 0.241 e. The highest BCUT2D eigenvalue weighted by molar-refractivity contribution is 7.98. The van der Waals surface area contributed by atoms with Gasteiger partial charge in [-0.1, -0.05) is 19.1 Å². The van der Waals surface area contributed by atoms with Crippen molar-refractivity contribution in [3.05, 3.63) is 29.3 Å². The Morgan fingerprint density at radius 2 is 2.11 bits per heavy atom. The van der Waals surface area contributed by atoms with Crippen molar-refractivity contribution in [1.82, 2.24) is 4.72 Å². The second kappa shape index (κ2) is 7.28. The third kappa shape index (κ3) is 4.21. The van der Waals surface area contributed by atoms with Gasteiger partial charge in [-0.05, 0) is 36.8 Å². The van der Waals surface area contributed by atoms with Gasteiger partial charge < -0.3 is 5.73 Å². The van der Waals surface area contributed by atoms with E-state index in [4.69, 9.17) is 5.73 Å². The lowest BCUT2D eigenvalue weighted by Crippen LogP contribution is -2.36. The predicted octanol–water partition coefficient (Wildman–Crippen LogP) is 1.87. The maximum atomic E-state index is 12.4. The molecule has 1 rings (SSSR count). The van der Waals surface area contributed by atoms with Crippen molar-refractivity contribution in [3.8, 4) is 0 Å². The lowest BCUT2D eigenvalue weighted by Gasteiger charge is -2.18. The van der Waals surface area contributed by atoms with E-state index in [0.717, 1.165) is 23.3 Å². The van der Waals surface area contributed by atoms with Crippen LogP contribution in [0.2, 0.25) is 0 Å². The molecule has 1 unspecified atom stereocenters. The first-order valence-corrected chi connectivity index (χ1v) is 9.13. The Hall–Kier alpha value is -0.560. The molecule has 0 saturated heterocycles. The van der Waals surface area contributed by atoms with Crippen molar-refractivity contribution >= 4 is 21.8 Å². The summed E-state index contributed by atoms with van der Waals surface area (Å²) in [6.07, 6.45) is 2.74. The smallest absolute Gasteiger partial charge is 0.241 e. The lowest BCUT2D eigenvalue weighted by molar-refractivity contribution is 0.557. The van der Waals surface area contributed by atoms with Gasteiger partial charge in [-0.15, -0.1) is 0 Å². The quantitative estimate of drug-likeness (QED) is 0.806. The molecule has 108 valence electrons. The van der Waals surface area contributed by atoms with Crippen LogP contribution in [-0.2, 0) is 16.6 Å². The molecular formula is C13H22N2O2S2. The van der Waals surface area contributed by atoms with Gasteiger partial charge in [-0.2, -0.15) is 11.8 Å². The van der Waals surface area contributed by atoms with Crippen LogP contribution in [0.25, 0.3) is 0 Å². The Morgan fingerprint density at radius 3 is 2.63 bits per heavy atom. The van der Waals surface area contributed by atoms with E-state index in [1.165, 1.54) is 0 Å². The number of hydrogen-bond donors (Lipinski definition) is 2. The van der Waals surface area contributed by atoms with Gasteiger partial charge in [0.1, 0.15) is 0 Å². The van der Waals surface area contributed by atoms with Crippen LogP contribution < -0.4 is 10.5 Å². The minimum atomic E-state index is -3.48. The summed E-state index contributed by atoms with van der Waals surface area (Å²) in [6, 6.07) is 5.18. The molecule has 19 heavy (non-hydrogen) atoms. The summed E-state index contributed by atoms with van der Waals surface area (Å²) in [5.41, 5.74) is 7.21. The highest BCUT2D eigenvalue weighted by Gasteiger charge is 2.21. The fourth-order valence-corrected chi connectivity index (χ4v) is 4.33. The normalized spacial score (nSPS) is 13.5. The minimum Gasteiger partial charge on any atom is -0.326 e. The average molecular weight is 302 g/mol. The molecule has 0 aromatic heterocycles. The molecule has 6 heteroatoms. The molecule has 0 heterocycles. The molecule has 0 radical (unpaired) electrons. The molecule has 4 nitrogen and oxygen atoms in total. The second-order valence-corrected chi connectivity index (χ2v) is 7.02. The molecule has 0 aliphatic rings. The van der Waals surface area contributed by atoms with Crippen molar-refractivity contribution < 1.29 is 8.42 Å². The SMILES string of the molecule is CCC(CSC)NS(=O)(=O)c1cccc(CN)c1C. The van der Waals surface area contributed by atoms with Gasteiger partial charge in [-0.25, -0.2) is 13.1 Å². The highest BCUT2D eigenvalue weighted by atomic mass is 32.2. The Bertz CT molecular complexity index is 515. The molecule has 0 fully saturated rings. The minimum absolute atomic E-state index is 0.0408. The molecule has 1 aromatic carbocycles. The predicted molar refractivity (Wildman–Crippen MR) is 81.9 cm³/mol. The number of hydrogen-bond acceptors (Lipinski definition) is 4. The van der Waals surface area contributed by atoms with E-state index in [0.29, 0.717) is 11.4 Å². The number of benzene rings is 1. The summed E-state index contributed by atoms with van der Waals surface area (Å²) in [6.45, 7) is 4.12. The zero-order valence-electron chi connectivity index (χ0n) is 11.6. The number of sulfonamides is 1. The zero-order valence-corrected chi connectivity index (χ0v) is 13.3. The van der Waals surface area contributed by atoms with Gasteiger partial charge in [0.05, 0.1) is 4.90 Å². The van der Waals surface area contributed by atoms with Crippen LogP contribution in [0.15, 0.2) is 23.1 Å². The molecule has 0 aliphatic heterocycles. The lowest BCUT2D eigenvalue weighted by atomic mass is 10.1. The number of nitrogens with two attached hydrogens (primary N) is 1. The van der Waals surface area contributed by atoms with Gasteiger partial charge in [0, 0.05) is 18.3 Å². The van der Waals surface area contributed by atoms with Crippen LogP contribution >= 0.6 is 11.8 Å². The Labute approximate surface area is 120 Å². The standard InChI is InChI=1S/C13H22N2O2S2/c1-4-12(9-18-3)15-19(16,17)13-7-5-6-11(8-14)10(13)2/h5-7,12,15H,4,8-9,14H2,1-3H3. The van der Waals surface area contributed by atoms with Crippen LogP contribution in [0.4, 0.5) is 0 Å². The van der Waals surface area contributed by atoms with Crippen molar-refractivity contribution in [2.75, 3.05) is 12.0 Å². The van der Waals surface area contributed by atoms with Crippen LogP contribution in [0.3, 0.4) is 0 Å². The topological polar surface area (TPSA) is 72.2 Å². The van der Waals surface area contributed by atoms with Crippen LogP contribution in [0.1, 0.15) is 24.5 Å². The molecule has 0 saturated carbocycles. The molecule has 0 bridgehead atoms. The van der Waals surface area contributed by atoms with E-state index in [1.54, 1.807) is 30.8 Å². The first-order chi connectivity index (χ1) is 8.96. The largest absolute Gasteiger partial charge is 0.326 e. The molecule has 1 atom stereocenters. The summed E-state index contributed by atoms with van der Waals surface area (Å²) >= 11 is 1.64. The van der Waals surface area contributed by atoms with Crippen LogP contribution in [-0.4, -0.2) is 26.5 Å². The van der Waals surface area contributed by atoms with E-state index in [2.05, 4.69) is 4.72 Å². The average Bonchev–Trinajstić information content (AvgIpc) is 2.38. The third-order valence-electron chi connectivity index (χ3n) is 3.09. The highest BCUT2D eigenvalue weighted by Crippen LogP contribution is 2.19. The van der Waals surface area contributed by atoms with E-state index in [-0.39, 0.29) is 6.04 Å². The van der Waals surface area contributed by atoms with Crippen molar-refractivity contribution in [1.29, 1.82) is 0 Å². The maximum absolute atomic E-state index is 12.4. The first kappa shape index (κ1) is 16.5. The van der Waals surface area contributed by atoms with E-state index < -0.39 is 10.0 Å². The summed E-state index contributed by atoms with van der Waals surface area (Å²) in [5, 5.41) is 0. The summed E-state index contributed by atoms with van der Waals surface area (Å²) in [7, 11) is -3.48. The van der Waals surface area contributed by atoms with E-state index in [9.17, 15) is 8.42 Å². The Kier molecular flexibility index (Phi) is 6.32. The first-order valence-electron chi connectivity index (χ1n) is 6.26. The molecule has 1 aromatic rings. The van der Waals surface area contributed by atoms with Crippen molar-refractivity contribution in [2.45, 2.75) is 37.8 Å². The summed E-state index contributed by atoms with van der Waals surface area (Å²) < 4.78 is 27.6. The molecule has 0 spiro atoms. The fourth-order valence-electron chi connectivity index (χ4n) is 1.89. The molecule has 3 N–H and O–H groups in total. The second-order valence-electron chi connectivity index (χ2n) is 4.43. The van der Waals surface area contributed by atoms with Gasteiger partial charge in [0.15, 0.2) is 0 Å². The molecule has 0 aliphatic carbocycles. The van der Waals surface area contributed by atoms with Gasteiger partial charge in [0.2, 0.25) is 10.0 Å². The van der Waals surface area contributed by atoms with E-state index >= 15 is 0 Å². The summed E-state index contributed by atoms with van der Waals surface area (Å²) in [4.78, 5) is 0.329. The Morgan fingerprint density at radius 1 is 1.42 bits per heavy atom. The van der Waals surface area contributed by atoms with Gasteiger partial charge in [0.25, 0.3) is 0 Å². The Balaban J connectivity index is 3.06. The number of rotatable bonds is 7. The monoisotopic (exact) mass is 302 g/mol. The number of thioether (sulfide) groups is 1. The fraction of sp³-hybridized carbons (Fsp3) is 0.538. The van der Waals surface area contributed by atoms with Gasteiger partial charge in [-0.3, -0.25) is 0 Å². The van der Waals surface area contributed by atoms with Crippen LogP contribution in [0.5, 0.6) is 0 Å². The van der Waals surface area contributed by atoms with Gasteiger partial charge >= 0.3 is 0 Å². The van der Waals surface area contributed by atoms with Crippen molar-refractivity contribution in [3.63, 3.8) is 0 Å². The number of nitrogens with one attached hydrogen (secondary N) is 1. The van der Waals surface area contributed by atoms with Crippen molar-refractivity contribution in [2.24, 2.45) is 5.73 Å². The van der Waals surface area contributed by atoms with E-state index in [1.807, 2.05) is 19.2 Å². The molecular weight excluding hydrogens is 280 g/mol.